The van der Waals surface area contributed by atoms with Gasteiger partial charge in [-0.3, -0.25) is 0 Å². The first-order valence-electron chi connectivity index (χ1n) is 7.28. The van der Waals surface area contributed by atoms with E-state index in [2.05, 4.69) is 9.97 Å². The van der Waals surface area contributed by atoms with Crippen molar-refractivity contribution >= 4 is 5.95 Å². The highest BCUT2D eigenvalue weighted by Gasteiger charge is 2.41. The van der Waals surface area contributed by atoms with Gasteiger partial charge >= 0.3 is 6.18 Å². The summed E-state index contributed by atoms with van der Waals surface area (Å²) >= 11 is 0. The van der Waals surface area contributed by atoms with Crippen LogP contribution in [0.5, 0.6) is 0 Å². The number of nitrogens with two attached hydrogens (primary N) is 1. The molecule has 1 aliphatic rings. The monoisotopic (exact) mass is 302 g/mol. The van der Waals surface area contributed by atoms with E-state index in [4.69, 9.17) is 5.73 Å². The van der Waals surface area contributed by atoms with E-state index in [-0.39, 0.29) is 18.9 Å². The van der Waals surface area contributed by atoms with Gasteiger partial charge in [-0.1, -0.05) is 6.92 Å². The highest BCUT2D eigenvalue weighted by Crippen LogP contribution is 2.34. The van der Waals surface area contributed by atoms with Gasteiger partial charge in [0.05, 0.1) is 5.92 Å². The number of piperidine rings is 1. The van der Waals surface area contributed by atoms with Crippen LogP contribution in [0.15, 0.2) is 12.4 Å². The predicted octanol–water partition coefficient (Wildman–Crippen LogP) is 2.54. The summed E-state index contributed by atoms with van der Waals surface area (Å²) in [6, 6.07) is 0.0852. The second kappa shape index (κ2) is 6.60. The fourth-order valence-corrected chi connectivity index (χ4v) is 2.47. The zero-order valence-electron chi connectivity index (χ0n) is 12.1. The summed E-state index contributed by atoms with van der Waals surface area (Å²) in [5.74, 6) is -0.694. The molecule has 2 N–H and O–H groups in total. The quantitative estimate of drug-likeness (QED) is 0.928. The predicted molar refractivity (Wildman–Crippen MR) is 75.0 cm³/mol. The lowest BCUT2D eigenvalue weighted by Gasteiger charge is -2.32. The van der Waals surface area contributed by atoms with Crippen molar-refractivity contribution in [2.75, 3.05) is 18.0 Å². The molecule has 1 fully saturated rings. The molecular formula is C14H21F3N4. The Hall–Kier alpha value is -1.37. The molecule has 0 aliphatic carbocycles. The van der Waals surface area contributed by atoms with Crippen molar-refractivity contribution in [3.63, 3.8) is 0 Å². The van der Waals surface area contributed by atoms with Crippen LogP contribution in [-0.4, -0.2) is 35.3 Å². The molecule has 4 nitrogen and oxygen atoms in total. The molecule has 0 spiro atoms. The lowest BCUT2D eigenvalue weighted by atomic mass is 9.96. The van der Waals surface area contributed by atoms with Crippen molar-refractivity contribution in [2.24, 2.45) is 11.7 Å². The minimum Gasteiger partial charge on any atom is -0.341 e. The van der Waals surface area contributed by atoms with Crippen molar-refractivity contribution in [2.45, 2.75) is 44.8 Å². The Morgan fingerprint density at radius 3 is 2.33 bits per heavy atom. The van der Waals surface area contributed by atoms with E-state index >= 15 is 0 Å². The Bertz CT molecular complexity index is 439. The van der Waals surface area contributed by atoms with Gasteiger partial charge in [-0.15, -0.1) is 0 Å². The maximum atomic E-state index is 12.6. The first-order valence-corrected chi connectivity index (χ1v) is 7.28. The molecule has 1 aliphatic heterocycles. The summed E-state index contributed by atoms with van der Waals surface area (Å²) in [7, 11) is 0. The van der Waals surface area contributed by atoms with Crippen LogP contribution < -0.4 is 10.6 Å². The minimum atomic E-state index is -4.09. The van der Waals surface area contributed by atoms with Crippen LogP contribution in [0, 0.1) is 5.92 Å². The maximum absolute atomic E-state index is 12.6. The van der Waals surface area contributed by atoms with E-state index in [0.717, 1.165) is 12.0 Å². The molecule has 2 rings (SSSR count). The average molecular weight is 302 g/mol. The van der Waals surface area contributed by atoms with E-state index in [1.165, 1.54) is 0 Å². The lowest BCUT2D eigenvalue weighted by molar-refractivity contribution is -0.179. The summed E-state index contributed by atoms with van der Waals surface area (Å²) in [6.45, 7) is 2.71. The summed E-state index contributed by atoms with van der Waals surface area (Å²) in [6.07, 6.45) is 1.15. The van der Waals surface area contributed by atoms with Crippen LogP contribution >= 0.6 is 0 Å². The molecule has 0 radical (unpaired) electrons. The molecule has 7 heteroatoms. The Balaban J connectivity index is 1.92. The first-order chi connectivity index (χ1) is 9.90. The molecule has 0 saturated carbocycles. The Morgan fingerprint density at radius 1 is 1.29 bits per heavy atom. The van der Waals surface area contributed by atoms with Crippen LogP contribution in [0.1, 0.15) is 31.7 Å². The second-order valence-electron chi connectivity index (χ2n) is 5.57. The zero-order valence-corrected chi connectivity index (χ0v) is 12.1. The number of hydrogen-bond acceptors (Lipinski definition) is 4. The van der Waals surface area contributed by atoms with Gasteiger partial charge < -0.3 is 10.6 Å². The molecule has 1 unspecified atom stereocenters. The summed E-state index contributed by atoms with van der Waals surface area (Å²) in [4.78, 5) is 10.3. The second-order valence-corrected chi connectivity index (χ2v) is 5.57. The number of alkyl halides is 3. The van der Waals surface area contributed by atoms with Gasteiger partial charge in [0.2, 0.25) is 5.95 Å². The van der Waals surface area contributed by atoms with Crippen molar-refractivity contribution in [3.8, 4) is 0 Å². The van der Waals surface area contributed by atoms with Crippen LogP contribution in [-0.2, 0) is 6.42 Å². The van der Waals surface area contributed by atoms with Gasteiger partial charge in [-0.2, -0.15) is 13.2 Å². The lowest BCUT2D eigenvalue weighted by Crippen LogP contribution is -2.39. The Labute approximate surface area is 122 Å². The fraction of sp³-hybridized carbons (Fsp3) is 0.714. The fourth-order valence-electron chi connectivity index (χ4n) is 2.47. The van der Waals surface area contributed by atoms with E-state index in [1.807, 2.05) is 11.8 Å². The topological polar surface area (TPSA) is 55.0 Å². The van der Waals surface area contributed by atoms with Crippen LogP contribution in [0.4, 0.5) is 19.1 Å². The van der Waals surface area contributed by atoms with E-state index in [0.29, 0.717) is 25.5 Å². The number of nitrogens with zero attached hydrogens (tertiary/aromatic N) is 3. The van der Waals surface area contributed by atoms with Crippen molar-refractivity contribution in [1.29, 1.82) is 0 Å². The third kappa shape index (κ3) is 4.30. The smallest absolute Gasteiger partial charge is 0.341 e. The van der Waals surface area contributed by atoms with Gasteiger partial charge in [0.15, 0.2) is 0 Å². The van der Waals surface area contributed by atoms with Crippen molar-refractivity contribution < 1.29 is 13.2 Å². The normalized spacial score (nSPS) is 18.8. The SMILES string of the molecule is CCC(N)Cc1cnc(N2CCC(C(F)(F)F)CC2)nc1. The third-order valence-corrected chi connectivity index (χ3v) is 3.95. The van der Waals surface area contributed by atoms with Gasteiger partial charge in [-0.05, 0) is 31.2 Å². The number of rotatable bonds is 4. The summed E-state index contributed by atoms with van der Waals surface area (Å²) in [5.41, 5.74) is 6.83. The highest BCUT2D eigenvalue weighted by atomic mass is 19.4. The molecule has 0 amide bonds. The number of aromatic nitrogens is 2. The summed E-state index contributed by atoms with van der Waals surface area (Å²) in [5, 5.41) is 0. The van der Waals surface area contributed by atoms with Crippen LogP contribution in [0.2, 0.25) is 0 Å². The Kier molecular flexibility index (Phi) is 5.03. The molecule has 1 aromatic heterocycles. The standard InChI is InChI=1S/C14H21F3N4/c1-2-12(18)7-10-8-19-13(20-9-10)21-5-3-11(4-6-21)14(15,16)17/h8-9,11-12H,2-7,18H2,1H3. The van der Waals surface area contributed by atoms with Gasteiger partial charge in [-0.25, -0.2) is 9.97 Å². The van der Waals surface area contributed by atoms with Crippen LogP contribution in [0.25, 0.3) is 0 Å². The molecule has 2 heterocycles. The molecule has 0 aromatic carbocycles. The highest BCUT2D eigenvalue weighted by molar-refractivity contribution is 5.30. The zero-order chi connectivity index (χ0) is 15.5. The number of hydrogen-bond donors (Lipinski definition) is 1. The molecule has 0 bridgehead atoms. The molecule has 1 atom stereocenters. The van der Waals surface area contributed by atoms with E-state index in [1.54, 1.807) is 12.4 Å². The molecule has 21 heavy (non-hydrogen) atoms. The van der Waals surface area contributed by atoms with Gasteiger partial charge in [0, 0.05) is 31.5 Å². The number of anilines is 1. The maximum Gasteiger partial charge on any atom is 0.391 e. The van der Waals surface area contributed by atoms with Crippen molar-refractivity contribution in [1.82, 2.24) is 9.97 Å². The minimum absolute atomic E-state index is 0.0852. The molecule has 118 valence electrons. The van der Waals surface area contributed by atoms with Gasteiger partial charge in [0.1, 0.15) is 0 Å². The first kappa shape index (κ1) is 16.0. The number of halogens is 3. The third-order valence-electron chi connectivity index (χ3n) is 3.95. The molecular weight excluding hydrogens is 281 g/mol. The van der Waals surface area contributed by atoms with Crippen LogP contribution in [0.3, 0.4) is 0 Å². The molecule has 1 aromatic rings. The largest absolute Gasteiger partial charge is 0.391 e. The van der Waals surface area contributed by atoms with Crippen molar-refractivity contribution in [3.05, 3.63) is 18.0 Å². The van der Waals surface area contributed by atoms with E-state index < -0.39 is 12.1 Å². The van der Waals surface area contributed by atoms with E-state index in [9.17, 15) is 13.2 Å². The van der Waals surface area contributed by atoms with Gasteiger partial charge in [0.25, 0.3) is 0 Å². The Morgan fingerprint density at radius 2 is 1.86 bits per heavy atom. The molecule has 1 saturated heterocycles. The summed E-state index contributed by atoms with van der Waals surface area (Å²) < 4.78 is 37.9. The average Bonchev–Trinajstić information content (AvgIpc) is 2.47.